The summed E-state index contributed by atoms with van der Waals surface area (Å²) in [7, 11) is 0. The first kappa shape index (κ1) is 19.0. The van der Waals surface area contributed by atoms with Crippen molar-refractivity contribution in [3.05, 3.63) is 59.9 Å². The van der Waals surface area contributed by atoms with Crippen molar-refractivity contribution in [2.75, 3.05) is 16.4 Å². The first-order chi connectivity index (χ1) is 12.0. The van der Waals surface area contributed by atoms with Gasteiger partial charge in [0.1, 0.15) is 5.82 Å². The molecule has 0 aliphatic rings. The highest BCUT2D eigenvalue weighted by atomic mass is 32.2. The fourth-order valence-corrected chi connectivity index (χ4v) is 2.76. The minimum absolute atomic E-state index is 0.140. The number of carbonyl (C=O) groups excluding carboxylic acids is 2. The monoisotopic (exact) mass is 360 g/mol. The normalized spacial score (nSPS) is 11.6. The lowest BCUT2D eigenvalue weighted by molar-refractivity contribution is -0.115. The maximum Gasteiger partial charge on any atom is 0.237 e. The lowest BCUT2D eigenvalue weighted by atomic mass is 10.1. The van der Waals surface area contributed by atoms with Crippen LogP contribution in [0.25, 0.3) is 0 Å². The zero-order valence-electron chi connectivity index (χ0n) is 14.2. The number of rotatable bonds is 7. The van der Waals surface area contributed by atoms with Gasteiger partial charge < -0.3 is 10.6 Å². The molecule has 0 unspecified atom stereocenters. The average Bonchev–Trinajstić information content (AvgIpc) is 2.62. The van der Waals surface area contributed by atoms with Gasteiger partial charge in [-0.1, -0.05) is 19.1 Å². The van der Waals surface area contributed by atoms with Crippen LogP contribution in [0.2, 0.25) is 0 Å². The van der Waals surface area contributed by atoms with Crippen molar-refractivity contribution in [1.82, 2.24) is 0 Å². The molecule has 0 saturated carbocycles. The Kier molecular flexibility index (Phi) is 7.01. The highest BCUT2D eigenvalue weighted by Crippen LogP contribution is 2.16. The van der Waals surface area contributed by atoms with E-state index in [1.54, 1.807) is 6.92 Å². The fourth-order valence-electron chi connectivity index (χ4n) is 2.07. The van der Waals surface area contributed by atoms with Gasteiger partial charge in [0, 0.05) is 11.4 Å². The molecule has 0 aliphatic heterocycles. The molecule has 0 aliphatic carbocycles. The summed E-state index contributed by atoms with van der Waals surface area (Å²) in [6.45, 7) is 3.83. The third kappa shape index (κ3) is 6.23. The number of aryl methyl sites for hydroxylation is 1. The number of halogens is 1. The van der Waals surface area contributed by atoms with Crippen molar-refractivity contribution < 1.29 is 14.0 Å². The van der Waals surface area contributed by atoms with Gasteiger partial charge in [0.25, 0.3) is 0 Å². The maximum atomic E-state index is 12.8. The molecule has 25 heavy (non-hydrogen) atoms. The molecule has 0 saturated heterocycles. The summed E-state index contributed by atoms with van der Waals surface area (Å²) in [5, 5.41) is 5.14. The SMILES string of the molecule is CCc1ccc(NC(=O)[C@@H](C)SCC(=O)Nc2ccc(F)cc2)cc1. The number of hydrogen-bond acceptors (Lipinski definition) is 3. The topological polar surface area (TPSA) is 58.2 Å². The second-order valence-electron chi connectivity index (χ2n) is 5.55. The highest BCUT2D eigenvalue weighted by molar-refractivity contribution is 8.01. The van der Waals surface area contributed by atoms with Crippen molar-refractivity contribution in [2.45, 2.75) is 25.5 Å². The second-order valence-corrected chi connectivity index (χ2v) is 6.88. The molecule has 4 nitrogen and oxygen atoms in total. The number of thioether (sulfide) groups is 1. The van der Waals surface area contributed by atoms with Crippen LogP contribution in [0.15, 0.2) is 48.5 Å². The van der Waals surface area contributed by atoms with Crippen LogP contribution in [0.5, 0.6) is 0 Å². The Bertz CT molecular complexity index is 717. The Morgan fingerprint density at radius 1 is 1.00 bits per heavy atom. The molecule has 2 aromatic rings. The first-order valence-corrected chi connectivity index (χ1v) is 9.09. The third-order valence-electron chi connectivity index (χ3n) is 3.59. The van der Waals surface area contributed by atoms with Crippen molar-refractivity contribution >= 4 is 35.0 Å². The van der Waals surface area contributed by atoms with E-state index in [0.29, 0.717) is 5.69 Å². The smallest absolute Gasteiger partial charge is 0.237 e. The Balaban J connectivity index is 1.77. The Hall–Kier alpha value is -2.34. The van der Waals surface area contributed by atoms with Crippen LogP contribution in [-0.4, -0.2) is 22.8 Å². The summed E-state index contributed by atoms with van der Waals surface area (Å²) in [6.07, 6.45) is 0.948. The molecule has 0 radical (unpaired) electrons. The van der Waals surface area contributed by atoms with Crippen LogP contribution in [0.4, 0.5) is 15.8 Å². The Labute approximate surface area is 151 Å². The number of amides is 2. The minimum Gasteiger partial charge on any atom is -0.325 e. The van der Waals surface area contributed by atoms with Crippen LogP contribution in [0.1, 0.15) is 19.4 Å². The lowest BCUT2D eigenvalue weighted by Gasteiger charge is -2.12. The summed E-state index contributed by atoms with van der Waals surface area (Å²) in [5.41, 5.74) is 2.48. The van der Waals surface area contributed by atoms with E-state index in [9.17, 15) is 14.0 Å². The van der Waals surface area contributed by atoms with Crippen LogP contribution in [-0.2, 0) is 16.0 Å². The standard InChI is InChI=1S/C19H21FN2O2S/c1-3-14-4-8-17(9-5-14)22-19(24)13(2)25-12-18(23)21-16-10-6-15(20)7-11-16/h4-11,13H,3,12H2,1-2H3,(H,21,23)(H,22,24)/t13-/m1/s1. The summed E-state index contributed by atoms with van der Waals surface area (Å²) in [5.74, 6) is -0.599. The summed E-state index contributed by atoms with van der Waals surface area (Å²) in [6, 6.07) is 13.2. The number of hydrogen-bond donors (Lipinski definition) is 2. The van der Waals surface area contributed by atoms with Crippen LogP contribution >= 0.6 is 11.8 Å². The highest BCUT2D eigenvalue weighted by Gasteiger charge is 2.15. The third-order valence-corrected chi connectivity index (χ3v) is 4.73. The Morgan fingerprint density at radius 2 is 1.56 bits per heavy atom. The molecule has 0 spiro atoms. The first-order valence-electron chi connectivity index (χ1n) is 8.04. The van der Waals surface area contributed by atoms with Gasteiger partial charge in [0.15, 0.2) is 0 Å². The second kappa shape index (κ2) is 9.22. The van der Waals surface area contributed by atoms with Gasteiger partial charge in [0.05, 0.1) is 11.0 Å². The van der Waals surface area contributed by atoms with Crippen molar-refractivity contribution in [2.24, 2.45) is 0 Å². The molecule has 6 heteroatoms. The zero-order chi connectivity index (χ0) is 18.2. The van der Waals surface area contributed by atoms with Crippen LogP contribution in [0, 0.1) is 5.82 Å². The van der Waals surface area contributed by atoms with E-state index in [0.717, 1.165) is 12.1 Å². The predicted octanol–water partition coefficient (Wildman–Crippen LogP) is 4.09. The zero-order valence-corrected chi connectivity index (χ0v) is 15.0. The van der Waals surface area contributed by atoms with Crippen molar-refractivity contribution in [1.29, 1.82) is 0 Å². The van der Waals surface area contributed by atoms with Crippen molar-refractivity contribution in [3.8, 4) is 0 Å². The van der Waals surface area contributed by atoms with Gasteiger partial charge in [-0.2, -0.15) is 0 Å². The fraction of sp³-hybridized carbons (Fsp3) is 0.263. The van der Waals surface area contributed by atoms with E-state index in [4.69, 9.17) is 0 Å². The summed E-state index contributed by atoms with van der Waals surface area (Å²) >= 11 is 1.24. The molecular weight excluding hydrogens is 339 g/mol. The molecule has 1 atom stereocenters. The van der Waals surface area contributed by atoms with E-state index in [-0.39, 0.29) is 28.6 Å². The number of anilines is 2. The van der Waals surface area contributed by atoms with Gasteiger partial charge in [0.2, 0.25) is 11.8 Å². The van der Waals surface area contributed by atoms with Gasteiger partial charge >= 0.3 is 0 Å². The molecule has 0 aromatic heterocycles. The number of carbonyl (C=O) groups is 2. The maximum absolute atomic E-state index is 12.8. The van der Waals surface area contributed by atoms with Gasteiger partial charge in [-0.3, -0.25) is 9.59 Å². The van der Waals surface area contributed by atoms with E-state index in [1.807, 2.05) is 24.3 Å². The molecule has 2 amide bonds. The summed E-state index contributed by atoms with van der Waals surface area (Å²) in [4.78, 5) is 24.1. The van der Waals surface area contributed by atoms with Gasteiger partial charge in [-0.15, -0.1) is 11.8 Å². The van der Waals surface area contributed by atoms with E-state index in [1.165, 1.54) is 41.6 Å². The van der Waals surface area contributed by atoms with E-state index < -0.39 is 0 Å². The van der Waals surface area contributed by atoms with E-state index >= 15 is 0 Å². The summed E-state index contributed by atoms with van der Waals surface area (Å²) < 4.78 is 12.8. The molecule has 2 aromatic carbocycles. The Morgan fingerprint density at radius 3 is 2.16 bits per heavy atom. The molecule has 2 N–H and O–H groups in total. The number of benzene rings is 2. The molecule has 0 bridgehead atoms. The molecule has 0 fully saturated rings. The van der Waals surface area contributed by atoms with Crippen LogP contribution in [0.3, 0.4) is 0 Å². The van der Waals surface area contributed by atoms with Gasteiger partial charge in [-0.05, 0) is 55.3 Å². The largest absolute Gasteiger partial charge is 0.325 e. The molecule has 132 valence electrons. The van der Waals surface area contributed by atoms with Crippen molar-refractivity contribution in [3.63, 3.8) is 0 Å². The average molecular weight is 360 g/mol. The van der Waals surface area contributed by atoms with Crippen LogP contribution < -0.4 is 10.6 Å². The quantitative estimate of drug-likeness (QED) is 0.782. The number of nitrogens with one attached hydrogen (secondary N) is 2. The molecule has 2 rings (SSSR count). The van der Waals surface area contributed by atoms with Gasteiger partial charge in [-0.25, -0.2) is 4.39 Å². The lowest BCUT2D eigenvalue weighted by Crippen LogP contribution is -2.25. The molecular formula is C19H21FN2O2S. The van der Waals surface area contributed by atoms with E-state index in [2.05, 4.69) is 17.6 Å². The minimum atomic E-state index is -0.371. The predicted molar refractivity (Wildman–Crippen MR) is 101 cm³/mol. The molecule has 0 heterocycles.